The van der Waals surface area contributed by atoms with E-state index in [0.717, 1.165) is 38.9 Å². The molecule has 0 bridgehead atoms. The molecule has 5 rings (SSSR count). The molecule has 2 heterocycles. The minimum absolute atomic E-state index is 0.389. The molecule has 6 nitrogen and oxygen atoms in total. The molecule has 186 valence electrons. The summed E-state index contributed by atoms with van der Waals surface area (Å²) in [6.45, 7) is 3.42. The van der Waals surface area contributed by atoms with Crippen molar-refractivity contribution in [3.8, 4) is 23.0 Å². The van der Waals surface area contributed by atoms with Crippen LogP contribution in [-0.4, -0.2) is 21.4 Å². The highest BCUT2D eigenvalue weighted by molar-refractivity contribution is 5.95. The zero-order valence-electron chi connectivity index (χ0n) is 21.0. The smallest absolute Gasteiger partial charge is 0.226 e. The van der Waals surface area contributed by atoms with E-state index in [2.05, 4.69) is 18.2 Å². The van der Waals surface area contributed by atoms with E-state index in [-0.39, 0.29) is 0 Å². The van der Waals surface area contributed by atoms with Crippen molar-refractivity contribution in [1.82, 2.24) is 14.8 Å². The monoisotopic (exact) mass is 491 g/mol. The Morgan fingerprint density at radius 3 is 2.22 bits per heavy atom. The molecule has 3 aromatic carbocycles. The predicted molar refractivity (Wildman–Crippen MR) is 146 cm³/mol. The summed E-state index contributed by atoms with van der Waals surface area (Å²) in [7, 11) is 1.94. The summed E-state index contributed by atoms with van der Waals surface area (Å²) >= 11 is 0. The Labute approximate surface area is 216 Å². The van der Waals surface area contributed by atoms with Crippen LogP contribution in [-0.2, 0) is 25.0 Å². The van der Waals surface area contributed by atoms with E-state index >= 15 is 0 Å². The molecule has 0 aliphatic rings. The summed E-state index contributed by atoms with van der Waals surface area (Å²) in [6.07, 6.45) is 3.66. The second-order valence-corrected chi connectivity index (χ2v) is 8.56. The predicted octanol–water partition coefficient (Wildman–Crippen LogP) is 6.80. The van der Waals surface area contributed by atoms with Crippen LogP contribution in [0.5, 0.6) is 11.8 Å². The summed E-state index contributed by atoms with van der Waals surface area (Å²) in [4.78, 5) is 4.74. The van der Waals surface area contributed by atoms with Gasteiger partial charge in [-0.2, -0.15) is 10.1 Å². The Hall–Kier alpha value is -4.58. The molecule has 0 N–H and O–H groups in total. The molecule has 0 spiro atoms. The first-order valence-corrected chi connectivity index (χ1v) is 12.3. The van der Waals surface area contributed by atoms with Gasteiger partial charge in [0.1, 0.15) is 18.9 Å². The average Bonchev–Trinajstić information content (AvgIpc) is 3.27. The van der Waals surface area contributed by atoms with E-state index < -0.39 is 0 Å². The Morgan fingerprint density at radius 2 is 1.51 bits per heavy atom. The third kappa shape index (κ3) is 5.81. The van der Waals surface area contributed by atoms with Gasteiger partial charge in [-0.15, -0.1) is 0 Å². The number of aromatic nitrogens is 3. The molecule has 0 fully saturated rings. The molecule has 0 unspecified atom stereocenters. The van der Waals surface area contributed by atoms with Crippen LogP contribution < -0.4 is 9.47 Å². The van der Waals surface area contributed by atoms with Crippen LogP contribution in [0.4, 0.5) is 0 Å². The molecule has 6 heteroatoms. The third-order valence-electron chi connectivity index (χ3n) is 5.94. The molecular formula is C31H29N3O3. The van der Waals surface area contributed by atoms with Crippen molar-refractivity contribution in [2.75, 3.05) is 6.61 Å². The van der Waals surface area contributed by atoms with Crippen LogP contribution in [0.1, 0.15) is 23.6 Å². The van der Waals surface area contributed by atoms with Gasteiger partial charge < -0.3 is 14.2 Å². The summed E-state index contributed by atoms with van der Waals surface area (Å²) < 4.78 is 19.5. The van der Waals surface area contributed by atoms with Crippen molar-refractivity contribution >= 4 is 17.0 Å². The quantitative estimate of drug-likeness (QED) is 0.201. The number of fused-ring (bicyclic) bond motifs is 1. The second-order valence-electron chi connectivity index (χ2n) is 8.56. The maximum atomic E-state index is 6.25. The highest BCUT2D eigenvalue weighted by atomic mass is 16.5. The zero-order valence-corrected chi connectivity index (χ0v) is 21.0. The van der Waals surface area contributed by atoms with Crippen LogP contribution >= 0.6 is 0 Å². The van der Waals surface area contributed by atoms with Gasteiger partial charge in [-0.05, 0) is 47.9 Å². The molecule has 0 aliphatic carbocycles. The molecule has 0 amide bonds. The molecule has 0 atom stereocenters. The van der Waals surface area contributed by atoms with Crippen LogP contribution in [0.2, 0.25) is 0 Å². The lowest BCUT2D eigenvalue weighted by molar-refractivity contribution is 0.268. The van der Waals surface area contributed by atoms with Gasteiger partial charge in [0.05, 0.1) is 23.9 Å². The van der Waals surface area contributed by atoms with Crippen molar-refractivity contribution in [3.63, 3.8) is 0 Å². The fourth-order valence-electron chi connectivity index (χ4n) is 4.05. The lowest BCUT2D eigenvalue weighted by atomic mass is 10.1. The average molecular weight is 492 g/mol. The number of pyridine rings is 1. The van der Waals surface area contributed by atoms with Gasteiger partial charge >= 0.3 is 0 Å². The standard InChI is InChI=1S/C31H29N3O3/c1-3-35-19-18-23-14-15-26-28(20-23)34(2)33-30(26)27-16-17-29(36-21-24-10-6-4-7-11-24)32-31(27)37-22-25-12-8-5-9-13-25/h4-20H,3,21-22H2,1-2H3. The summed E-state index contributed by atoms with van der Waals surface area (Å²) in [6, 6.07) is 30.1. The number of ether oxygens (including phenoxy) is 3. The highest BCUT2D eigenvalue weighted by Crippen LogP contribution is 2.35. The van der Waals surface area contributed by atoms with E-state index in [4.69, 9.17) is 24.3 Å². The molecule has 37 heavy (non-hydrogen) atoms. The molecule has 0 saturated carbocycles. The number of hydrogen-bond acceptors (Lipinski definition) is 5. The van der Waals surface area contributed by atoms with E-state index in [9.17, 15) is 0 Å². The lowest BCUT2D eigenvalue weighted by Crippen LogP contribution is -2.02. The maximum Gasteiger partial charge on any atom is 0.226 e. The third-order valence-corrected chi connectivity index (χ3v) is 5.94. The van der Waals surface area contributed by atoms with Crippen LogP contribution in [0.3, 0.4) is 0 Å². The van der Waals surface area contributed by atoms with Crippen LogP contribution in [0.15, 0.2) is 97.3 Å². The van der Waals surface area contributed by atoms with Crippen molar-refractivity contribution in [3.05, 3.63) is 114 Å². The van der Waals surface area contributed by atoms with Crippen molar-refractivity contribution in [2.24, 2.45) is 7.05 Å². The number of aryl methyl sites for hydroxylation is 1. The first-order valence-electron chi connectivity index (χ1n) is 12.3. The molecule has 2 aromatic heterocycles. The Morgan fingerprint density at radius 1 is 0.811 bits per heavy atom. The first kappa shape index (κ1) is 24.1. The van der Waals surface area contributed by atoms with E-state index in [0.29, 0.717) is 31.6 Å². The lowest BCUT2D eigenvalue weighted by Gasteiger charge is -2.12. The minimum Gasteiger partial charge on any atom is -0.501 e. The van der Waals surface area contributed by atoms with Crippen LogP contribution in [0, 0.1) is 0 Å². The van der Waals surface area contributed by atoms with Gasteiger partial charge in [0, 0.05) is 18.5 Å². The zero-order chi connectivity index (χ0) is 25.5. The topological polar surface area (TPSA) is 58.4 Å². The minimum atomic E-state index is 0.389. The first-order chi connectivity index (χ1) is 18.2. The summed E-state index contributed by atoms with van der Waals surface area (Å²) in [5.74, 6) is 0.981. The number of hydrogen-bond donors (Lipinski definition) is 0. The molecule has 0 saturated heterocycles. The fraction of sp³-hybridized carbons (Fsp3) is 0.161. The van der Waals surface area contributed by atoms with E-state index in [1.165, 1.54) is 0 Å². The van der Waals surface area contributed by atoms with Gasteiger partial charge in [0.2, 0.25) is 11.8 Å². The highest BCUT2D eigenvalue weighted by Gasteiger charge is 2.18. The van der Waals surface area contributed by atoms with E-state index in [1.54, 1.807) is 6.26 Å². The molecular weight excluding hydrogens is 462 g/mol. The van der Waals surface area contributed by atoms with Gasteiger partial charge in [-0.1, -0.05) is 66.7 Å². The van der Waals surface area contributed by atoms with E-state index in [1.807, 2.05) is 97.5 Å². The van der Waals surface area contributed by atoms with Gasteiger partial charge in [0.25, 0.3) is 0 Å². The normalized spacial score (nSPS) is 11.2. The maximum absolute atomic E-state index is 6.25. The largest absolute Gasteiger partial charge is 0.501 e. The number of nitrogens with zero attached hydrogens (tertiary/aromatic N) is 3. The summed E-state index contributed by atoms with van der Waals surface area (Å²) in [5.41, 5.74) is 5.80. The van der Waals surface area contributed by atoms with Crippen LogP contribution in [0.25, 0.3) is 28.2 Å². The van der Waals surface area contributed by atoms with Crippen molar-refractivity contribution in [2.45, 2.75) is 20.1 Å². The van der Waals surface area contributed by atoms with Crippen molar-refractivity contribution in [1.29, 1.82) is 0 Å². The molecule has 0 aliphatic heterocycles. The summed E-state index contributed by atoms with van der Waals surface area (Å²) in [5, 5.41) is 5.85. The fourth-order valence-corrected chi connectivity index (χ4v) is 4.05. The van der Waals surface area contributed by atoms with Gasteiger partial charge in [0.15, 0.2) is 0 Å². The SMILES string of the molecule is CCOC=Cc1ccc2c(-c3ccc(OCc4ccccc4)nc3OCc3ccccc3)nn(C)c2c1. The molecule has 0 radical (unpaired) electrons. The second kappa shape index (κ2) is 11.4. The van der Waals surface area contributed by atoms with Gasteiger partial charge in [-0.3, -0.25) is 4.68 Å². The Bertz CT molecular complexity index is 1490. The van der Waals surface area contributed by atoms with Crippen molar-refractivity contribution < 1.29 is 14.2 Å². The number of rotatable bonds is 10. The van der Waals surface area contributed by atoms with Gasteiger partial charge in [-0.25, -0.2) is 0 Å². The molecule has 5 aromatic rings. The Kier molecular flexibility index (Phi) is 7.46. The Balaban J connectivity index is 1.48. The number of benzene rings is 3.